The molecule has 132 valence electrons. The largest absolute Gasteiger partial charge is 0.459 e. The molecule has 1 aliphatic heterocycles. The van der Waals surface area contributed by atoms with Gasteiger partial charge in [-0.3, -0.25) is 14.4 Å². The fourth-order valence-electron chi connectivity index (χ4n) is 2.50. The maximum atomic E-state index is 12.2. The topological polar surface area (TPSA) is 115 Å². The highest BCUT2D eigenvalue weighted by atomic mass is 16.3. The highest BCUT2D eigenvalue weighted by molar-refractivity contribution is 6.34. The van der Waals surface area contributed by atoms with E-state index in [0.717, 1.165) is 4.90 Å². The van der Waals surface area contributed by atoms with Gasteiger partial charge in [-0.15, -0.1) is 0 Å². The van der Waals surface area contributed by atoms with E-state index in [-0.39, 0.29) is 51.1 Å². The molecule has 9 heteroatoms. The quantitative estimate of drug-likeness (QED) is 0.623. The number of hydrogen-bond donors (Lipinski definition) is 2. The molecule has 24 heavy (non-hydrogen) atoms. The summed E-state index contributed by atoms with van der Waals surface area (Å²) in [5.74, 6) is -1.46. The molecule has 1 fully saturated rings. The number of carbonyl (C=O) groups is 3. The predicted octanol–water partition coefficient (Wildman–Crippen LogP) is -1.62. The second-order valence-electron chi connectivity index (χ2n) is 5.30. The molecule has 0 radical (unpaired) electrons. The standard InChI is InChI=1S/C15H21N3O6/c19-9-7-18(8-10-20)15(23)14(22)17-5-3-16(4-6-17)13(21)12-2-1-11-24-12/h1-2,11,19-20H,3-10H2. The van der Waals surface area contributed by atoms with Gasteiger partial charge in [-0.25, -0.2) is 0 Å². The summed E-state index contributed by atoms with van der Waals surface area (Å²) in [6.07, 6.45) is 1.42. The molecule has 3 amide bonds. The van der Waals surface area contributed by atoms with Gasteiger partial charge in [0.25, 0.3) is 5.91 Å². The minimum absolute atomic E-state index is 0.0118. The van der Waals surface area contributed by atoms with Crippen LogP contribution in [0.4, 0.5) is 0 Å². The van der Waals surface area contributed by atoms with E-state index >= 15 is 0 Å². The first kappa shape index (κ1) is 18.0. The van der Waals surface area contributed by atoms with Crippen LogP contribution in [0.3, 0.4) is 0 Å². The van der Waals surface area contributed by atoms with E-state index < -0.39 is 11.8 Å². The van der Waals surface area contributed by atoms with Crippen molar-refractivity contribution in [3.63, 3.8) is 0 Å². The van der Waals surface area contributed by atoms with Crippen LogP contribution in [0.5, 0.6) is 0 Å². The van der Waals surface area contributed by atoms with E-state index in [9.17, 15) is 14.4 Å². The summed E-state index contributed by atoms with van der Waals surface area (Å²) in [4.78, 5) is 40.6. The molecule has 0 aromatic carbocycles. The van der Waals surface area contributed by atoms with Crippen LogP contribution in [0.15, 0.2) is 22.8 Å². The molecular formula is C15H21N3O6. The lowest BCUT2D eigenvalue weighted by atomic mass is 10.2. The second kappa shape index (κ2) is 8.46. The van der Waals surface area contributed by atoms with Crippen molar-refractivity contribution in [2.75, 3.05) is 52.5 Å². The summed E-state index contributed by atoms with van der Waals surface area (Å²) in [5, 5.41) is 17.9. The van der Waals surface area contributed by atoms with Crippen molar-refractivity contribution in [2.24, 2.45) is 0 Å². The van der Waals surface area contributed by atoms with Gasteiger partial charge in [0.05, 0.1) is 19.5 Å². The third kappa shape index (κ3) is 4.12. The molecule has 0 atom stereocenters. The van der Waals surface area contributed by atoms with Gasteiger partial charge < -0.3 is 29.3 Å². The first-order valence-electron chi connectivity index (χ1n) is 7.71. The molecule has 1 aliphatic rings. The lowest BCUT2D eigenvalue weighted by Crippen LogP contribution is -2.54. The molecule has 2 N–H and O–H groups in total. The van der Waals surface area contributed by atoms with Gasteiger partial charge in [0.1, 0.15) is 0 Å². The maximum Gasteiger partial charge on any atom is 0.312 e. The van der Waals surface area contributed by atoms with Gasteiger partial charge in [0, 0.05) is 39.3 Å². The molecule has 9 nitrogen and oxygen atoms in total. The summed E-state index contributed by atoms with van der Waals surface area (Å²) in [7, 11) is 0. The number of aliphatic hydroxyl groups is 2. The van der Waals surface area contributed by atoms with Gasteiger partial charge in [-0.2, -0.15) is 0 Å². The van der Waals surface area contributed by atoms with E-state index in [1.54, 1.807) is 17.0 Å². The molecule has 1 aromatic rings. The molecule has 1 aromatic heterocycles. The Bertz CT molecular complexity index is 560. The fourth-order valence-corrected chi connectivity index (χ4v) is 2.50. The van der Waals surface area contributed by atoms with E-state index in [4.69, 9.17) is 14.6 Å². The van der Waals surface area contributed by atoms with Crippen LogP contribution >= 0.6 is 0 Å². The van der Waals surface area contributed by atoms with Gasteiger partial charge in [0.15, 0.2) is 5.76 Å². The van der Waals surface area contributed by atoms with Crippen molar-refractivity contribution in [2.45, 2.75) is 0 Å². The van der Waals surface area contributed by atoms with Crippen molar-refractivity contribution in [1.82, 2.24) is 14.7 Å². The number of nitrogens with zero attached hydrogens (tertiary/aromatic N) is 3. The van der Waals surface area contributed by atoms with Crippen molar-refractivity contribution >= 4 is 17.7 Å². The Morgan fingerprint density at radius 2 is 1.62 bits per heavy atom. The summed E-state index contributed by atoms with van der Waals surface area (Å²) in [6.45, 7) is 0.488. The number of amides is 3. The lowest BCUT2D eigenvalue weighted by molar-refractivity contribution is -0.153. The third-order valence-corrected chi connectivity index (χ3v) is 3.80. The van der Waals surface area contributed by atoms with Crippen LogP contribution in [0.2, 0.25) is 0 Å². The van der Waals surface area contributed by atoms with Crippen molar-refractivity contribution in [3.05, 3.63) is 24.2 Å². The Hall–Kier alpha value is -2.39. The average Bonchev–Trinajstić information content (AvgIpc) is 3.14. The van der Waals surface area contributed by atoms with Crippen LogP contribution in [-0.2, 0) is 9.59 Å². The van der Waals surface area contributed by atoms with Crippen LogP contribution in [-0.4, -0.2) is 95.1 Å². The minimum Gasteiger partial charge on any atom is -0.459 e. The maximum absolute atomic E-state index is 12.2. The number of carbonyl (C=O) groups excluding carboxylic acids is 3. The van der Waals surface area contributed by atoms with Crippen LogP contribution < -0.4 is 0 Å². The molecule has 0 spiro atoms. The summed E-state index contributed by atoms with van der Waals surface area (Å²) >= 11 is 0. The van der Waals surface area contributed by atoms with Crippen LogP contribution in [0.25, 0.3) is 0 Å². The summed E-state index contributed by atoms with van der Waals surface area (Å²) in [5.41, 5.74) is 0. The molecular weight excluding hydrogens is 318 g/mol. The predicted molar refractivity (Wildman–Crippen MR) is 81.9 cm³/mol. The Labute approximate surface area is 139 Å². The average molecular weight is 339 g/mol. The normalized spacial score (nSPS) is 14.6. The van der Waals surface area contributed by atoms with Gasteiger partial charge in [-0.05, 0) is 12.1 Å². The monoisotopic (exact) mass is 339 g/mol. The van der Waals surface area contributed by atoms with E-state index in [1.165, 1.54) is 11.2 Å². The van der Waals surface area contributed by atoms with Gasteiger partial charge in [-0.1, -0.05) is 0 Å². The van der Waals surface area contributed by atoms with Crippen molar-refractivity contribution in [1.29, 1.82) is 0 Å². The zero-order valence-corrected chi connectivity index (χ0v) is 13.3. The number of furan rings is 1. The molecule has 0 bridgehead atoms. The molecule has 2 rings (SSSR count). The zero-order chi connectivity index (χ0) is 17.5. The molecule has 0 unspecified atom stereocenters. The first-order valence-corrected chi connectivity index (χ1v) is 7.71. The molecule has 0 aliphatic carbocycles. The number of piperazine rings is 1. The Morgan fingerprint density at radius 3 is 2.12 bits per heavy atom. The zero-order valence-electron chi connectivity index (χ0n) is 13.3. The first-order chi connectivity index (χ1) is 11.6. The Morgan fingerprint density at radius 1 is 1.04 bits per heavy atom. The third-order valence-electron chi connectivity index (χ3n) is 3.80. The second-order valence-corrected chi connectivity index (χ2v) is 5.30. The molecule has 1 saturated heterocycles. The summed E-state index contributed by atoms with van der Waals surface area (Å²) in [6, 6.07) is 3.20. The highest BCUT2D eigenvalue weighted by Crippen LogP contribution is 2.10. The lowest BCUT2D eigenvalue weighted by Gasteiger charge is -2.34. The Kier molecular flexibility index (Phi) is 6.33. The summed E-state index contributed by atoms with van der Waals surface area (Å²) < 4.78 is 5.07. The van der Waals surface area contributed by atoms with Crippen molar-refractivity contribution < 1.29 is 29.0 Å². The van der Waals surface area contributed by atoms with E-state index in [2.05, 4.69) is 0 Å². The fraction of sp³-hybridized carbons (Fsp3) is 0.533. The van der Waals surface area contributed by atoms with Crippen LogP contribution in [0.1, 0.15) is 10.6 Å². The molecule has 2 heterocycles. The minimum atomic E-state index is -0.760. The Balaban J connectivity index is 1.90. The molecule has 0 saturated carbocycles. The van der Waals surface area contributed by atoms with Gasteiger partial charge in [0.2, 0.25) is 0 Å². The number of rotatable bonds is 5. The van der Waals surface area contributed by atoms with E-state index in [0.29, 0.717) is 13.1 Å². The van der Waals surface area contributed by atoms with Gasteiger partial charge >= 0.3 is 11.8 Å². The number of hydrogen-bond acceptors (Lipinski definition) is 6. The smallest absolute Gasteiger partial charge is 0.312 e. The van der Waals surface area contributed by atoms with Crippen molar-refractivity contribution in [3.8, 4) is 0 Å². The SMILES string of the molecule is O=C(C(=O)N1CCN(C(=O)c2ccco2)CC1)N(CCO)CCO. The van der Waals surface area contributed by atoms with E-state index in [1.807, 2.05) is 0 Å². The van der Waals surface area contributed by atoms with Crippen LogP contribution in [0, 0.1) is 0 Å². The number of aliphatic hydroxyl groups excluding tert-OH is 2. The highest BCUT2D eigenvalue weighted by Gasteiger charge is 2.31.